The lowest BCUT2D eigenvalue weighted by molar-refractivity contribution is -0.140. The van der Waals surface area contributed by atoms with Crippen molar-refractivity contribution >= 4 is 29.4 Å². The Kier molecular flexibility index (Phi) is 6.77. The van der Waals surface area contributed by atoms with Crippen LogP contribution in [-0.4, -0.2) is 40.3 Å². The maximum absolute atomic E-state index is 10.7. The van der Waals surface area contributed by atoms with E-state index in [0.29, 0.717) is 12.2 Å². The van der Waals surface area contributed by atoms with E-state index in [-0.39, 0.29) is 17.4 Å². The highest BCUT2D eigenvalue weighted by atomic mass is 32.2. The highest BCUT2D eigenvalue weighted by Crippen LogP contribution is 2.05. The third-order valence-electron chi connectivity index (χ3n) is 1.56. The second-order valence-electron chi connectivity index (χ2n) is 3.12. The number of carbonyl (C=O) groups is 3. The molecule has 0 spiro atoms. The number of thioether (sulfide) groups is 1. The van der Waals surface area contributed by atoms with Crippen molar-refractivity contribution < 1.29 is 19.5 Å². The molecule has 0 aromatic heterocycles. The van der Waals surface area contributed by atoms with Crippen LogP contribution in [0.1, 0.15) is 20.3 Å². The van der Waals surface area contributed by atoms with Crippen LogP contribution in [-0.2, 0) is 14.4 Å². The molecule has 0 aromatic rings. The number of aliphatic carboxylic acids is 1. The molecule has 5 nitrogen and oxygen atoms in total. The van der Waals surface area contributed by atoms with Crippen molar-refractivity contribution in [3.63, 3.8) is 0 Å². The third-order valence-corrected chi connectivity index (χ3v) is 2.62. The minimum absolute atomic E-state index is 0.0777. The molecule has 2 N–H and O–H groups in total. The van der Waals surface area contributed by atoms with Crippen molar-refractivity contribution in [3.8, 4) is 0 Å². The maximum Gasteiger partial charge on any atom is 0.327 e. The maximum atomic E-state index is 10.7. The predicted molar refractivity (Wildman–Crippen MR) is 57.9 cm³/mol. The SMILES string of the molecule is CC(=O)CCSC[C@H](NC(C)=O)C(=O)O. The van der Waals surface area contributed by atoms with Crippen LogP contribution in [0.15, 0.2) is 0 Å². The molecule has 0 saturated heterocycles. The van der Waals surface area contributed by atoms with Gasteiger partial charge in [0.1, 0.15) is 11.8 Å². The van der Waals surface area contributed by atoms with Gasteiger partial charge in [-0.05, 0) is 6.92 Å². The number of carbonyl (C=O) groups excluding carboxylic acids is 2. The molecule has 0 aliphatic rings. The van der Waals surface area contributed by atoms with Crippen LogP contribution in [0.25, 0.3) is 0 Å². The first-order valence-electron chi connectivity index (χ1n) is 4.50. The number of carboxylic acids is 1. The minimum Gasteiger partial charge on any atom is -0.480 e. The van der Waals surface area contributed by atoms with Crippen molar-refractivity contribution in [3.05, 3.63) is 0 Å². The van der Waals surface area contributed by atoms with Gasteiger partial charge in [0.25, 0.3) is 0 Å². The Morgan fingerprint density at radius 2 is 1.93 bits per heavy atom. The Morgan fingerprint density at radius 1 is 1.33 bits per heavy atom. The molecule has 0 rings (SSSR count). The number of ketones is 1. The molecule has 1 atom stereocenters. The molecule has 0 aliphatic heterocycles. The minimum atomic E-state index is -1.06. The molecule has 0 radical (unpaired) electrons. The van der Waals surface area contributed by atoms with E-state index in [4.69, 9.17) is 5.11 Å². The standard InChI is InChI=1S/C9H15NO4S/c1-6(11)3-4-15-5-8(9(13)14)10-7(2)12/h8H,3-5H2,1-2H3,(H,10,12)(H,13,14)/t8-/m0/s1. The van der Waals surface area contributed by atoms with Gasteiger partial charge < -0.3 is 10.4 Å². The van der Waals surface area contributed by atoms with Gasteiger partial charge in [0.15, 0.2) is 0 Å². The quantitative estimate of drug-likeness (QED) is 0.617. The van der Waals surface area contributed by atoms with Gasteiger partial charge in [0, 0.05) is 24.9 Å². The van der Waals surface area contributed by atoms with Crippen molar-refractivity contribution in [2.45, 2.75) is 26.3 Å². The normalized spacial score (nSPS) is 11.9. The molecule has 0 fully saturated rings. The molecule has 1 amide bonds. The van der Waals surface area contributed by atoms with Crippen LogP contribution >= 0.6 is 11.8 Å². The summed E-state index contributed by atoms with van der Waals surface area (Å²) in [5.41, 5.74) is 0. The van der Waals surface area contributed by atoms with E-state index in [0.717, 1.165) is 0 Å². The van der Waals surface area contributed by atoms with Gasteiger partial charge in [-0.2, -0.15) is 11.8 Å². The molecule has 15 heavy (non-hydrogen) atoms. The van der Waals surface area contributed by atoms with E-state index < -0.39 is 12.0 Å². The first-order valence-corrected chi connectivity index (χ1v) is 5.66. The lowest BCUT2D eigenvalue weighted by Crippen LogP contribution is -2.41. The Balaban J connectivity index is 3.81. The van der Waals surface area contributed by atoms with Gasteiger partial charge in [-0.25, -0.2) is 4.79 Å². The summed E-state index contributed by atoms with van der Waals surface area (Å²) in [6.07, 6.45) is 0.428. The molecule has 0 bridgehead atoms. The predicted octanol–water partition coefficient (Wildman–Crippen LogP) is 0.288. The third kappa shape index (κ3) is 7.99. The average Bonchev–Trinajstić information content (AvgIpc) is 2.08. The lowest BCUT2D eigenvalue weighted by Gasteiger charge is -2.12. The van der Waals surface area contributed by atoms with E-state index in [9.17, 15) is 14.4 Å². The van der Waals surface area contributed by atoms with Crippen LogP contribution in [0.4, 0.5) is 0 Å². The monoisotopic (exact) mass is 233 g/mol. The van der Waals surface area contributed by atoms with E-state index in [1.54, 1.807) is 0 Å². The van der Waals surface area contributed by atoms with Crippen LogP contribution in [0.3, 0.4) is 0 Å². The molecule has 6 heteroatoms. The number of carboxylic acid groups (broad SMARTS) is 1. The van der Waals surface area contributed by atoms with E-state index >= 15 is 0 Å². The smallest absolute Gasteiger partial charge is 0.327 e. The summed E-state index contributed by atoms with van der Waals surface area (Å²) in [5.74, 6) is -0.482. The summed E-state index contributed by atoms with van der Waals surface area (Å²) in [6, 6.07) is -0.876. The Hall–Kier alpha value is -1.04. The summed E-state index contributed by atoms with van der Waals surface area (Å²) in [6.45, 7) is 2.76. The van der Waals surface area contributed by atoms with Gasteiger partial charge in [-0.3, -0.25) is 9.59 Å². The van der Waals surface area contributed by atoms with Crippen LogP contribution in [0.5, 0.6) is 0 Å². The topological polar surface area (TPSA) is 83.5 Å². The molecule has 86 valence electrons. The average molecular weight is 233 g/mol. The van der Waals surface area contributed by atoms with Gasteiger partial charge in [0.05, 0.1) is 0 Å². The summed E-state index contributed by atoms with van der Waals surface area (Å²) in [5, 5.41) is 11.1. The number of hydrogen-bond acceptors (Lipinski definition) is 4. The highest BCUT2D eigenvalue weighted by molar-refractivity contribution is 7.99. The second kappa shape index (κ2) is 7.28. The van der Waals surface area contributed by atoms with Gasteiger partial charge >= 0.3 is 5.97 Å². The number of rotatable bonds is 7. The van der Waals surface area contributed by atoms with Gasteiger partial charge in [-0.1, -0.05) is 0 Å². The fourth-order valence-corrected chi connectivity index (χ4v) is 1.90. The van der Waals surface area contributed by atoms with E-state index in [2.05, 4.69) is 5.32 Å². The Morgan fingerprint density at radius 3 is 2.33 bits per heavy atom. The molecule has 0 aromatic carbocycles. The first kappa shape index (κ1) is 14.0. The number of hydrogen-bond donors (Lipinski definition) is 2. The van der Waals surface area contributed by atoms with Crippen LogP contribution < -0.4 is 5.32 Å². The number of amides is 1. The second-order valence-corrected chi connectivity index (χ2v) is 4.27. The largest absolute Gasteiger partial charge is 0.480 e. The van der Waals surface area contributed by atoms with Gasteiger partial charge in [-0.15, -0.1) is 0 Å². The fourth-order valence-electron chi connectivity index (χ4n) is 0.837. The van der Waals surface area contributed by atoms with Crippen molar-refractivity contribution in [1.82, 2.24) is 5.32 Å². The van der Waals surface area contributed by atoms with Crippen molar-refractivity contribution in [1.29, 1.82) is 0 Å². The number of nitrogens with one attached hydrogen (secondary N) is 1. The Bertz CT molecular complexity index is 254. The summed E-state index contributed by atoms with van der Waals surface area (Å²) in [4.78, 5) is 31.9. The van der Waals surface area contributed by atoms with Gasteiger partial charge in [0.2, 0.25) is 5.91 Å². The van der Waals surface area contributed by atoms with Crippen LogP contribution in [0.2, 0.25) is 0 Å². The molecular formula is C9H15NO4S. The molecule has 0 aliphatic carbocycles. The number of Topliss-reactive ketones (excluding diaryl/α,β-unsaturated/α-hetero) is 1. The van der Waals surface area contributed by atoms with E-state index in [1.807, 2.05) is 0 Å². The zero-order valence-electron chi connectivity index (χ0n) is 8.78. The molecule has 0 saturated carbocycles. The Labute approximate surface area is 92.6 Å². The van der Waals surface area contributed by atoms with Crippen LogP contribution in [0, 0.1) is 0 Å². The molecule has 0 unspecified atom stereocenters. The summed E-state index contributed by atoms with van der Waals surface area (Å²) >= 11 is 1.34. The van der Waals surface area contributed by atoms with E-state index in [1.165, 1.54) is 25.6 Å². The summed E-state index contributed by atoms with van der Waals surface area (Å²) < 4.78 is 0. The molecule has 0 heterocycles. The molecular weight excluding hydrogens is 218 g/mol. The fraction of sp³-hybridized carbons (Fsp3) is 0.667. The van der Waals surface area contributed by atoms with Crippen molar-refractivity contribution in [2.24, 2.45) is 0 Å². The highest BCUT2D eigenvalue weighted by Gasteiger charge is 2.17. The van der Waals surface area contributed by atoms with Crippen molar-refractivity contribution in [2.75, 3.05) is 11.5 Å². The zero-order chi connectivity index (χ0) is 11.8. The first-order chi connectivity index (χ1) is 6.93. The summed E-state index contributed by atoms with van der Waals surface area (Å²) in [7, 11) is 0. The zero-order valence-corrected chi connectivity index (χ0v) is 9.60. The lowest BCUT2D eigenvalue weighted by atomic mass is 10.3.